The molecule has 0 saturated carbocycles. The molecule has 0 aliphatic rings. The Morgan fingerprint density at radius 3 is 2.47 bits per heavy atom. The lowest BCUT2D eigenvalue weighted by atomic mass is 10.2. The molecule has 0 spiro atoms. The molecule has 2 N–H and O–H groups in total. The van der Waals surface area contributed by atoms with Gasteiger partial charge in [0.05, 0.1) is 31.5 Å². The van der Waals surface area contributed by atoms with Crippen molar-refractivity contribution in [1.29, 1.82) is 0 Å². The zero-order valence-electron chi connectivity index (χ0n) is 19.4. The van der Waals surface area contributed by atoms with Crippen molar-refractivity contribution in [3.8, 4) is 27.6 Å². The highest BCUT2D eigenvalue weighted by atomic mass is 35.5. The van der Waals surface area contributed by atoms with Gasteiger partial charge in [0.15, 0.2) is 18.1 Å². The summed E-state index contributed by atoms with van der Waals surface area (Å²) in [7, 11) is 1.46. The van der Waals surface area contributed by atoms with Crippen LogP contribution < -0.4 is 15.0 Å². The highest BCUT2D eigenvalue weighted by Gasteiger charge is 2.16. The summed E-state index contributed by atoms with van der Waals surface area (Å²) in [5.74, 6) is 0.256. The second kappa shape index (κ2) is 11.5. The van der Waals surface area contributed by atoms with Crippen molar-refractivity contribution in [3.63, 3.8) is 0 Å². The van der Waals surface area contributed by atoms with E-state index in [2.05, 4.69) is 4.98 Å². The van der Waals surface area contributed by atoms with E-state index in [1.165, 1.54) is 34.2 Å². The Morgan fingerprint density at radius 2 is 1.81 bits per heavy atom. The summed E-state index contributed by atoms with van der Waals surface area (Å²) in [5, 5.41) is 18.8. The van der Waals surface area contributed by atoms with Gasteiger partial charge in [-0.25, -0.2) is 4.98 Å². The van der Waals surface area contributed by atoms with Crippen LogP contribution >= 0.6 is 22.9 Å². The molecule has 0 aliphatic carbocycles. The van der Waals surface area contributed by atoms with Crippen molar-refractivity contribution in [1.82, 2.24) is 14.5 Å². The van der Waals surface area contributed by atoms with Crippen LogP contribution in [0.3, 0.4) is 0 Å². The second-order valence-corrected chi connectivity index (χ2v) is 9.19. The first-order chi connectivity index (χ1) is 17.4. The first kappa shape index (κ1) is 25.6. The molecule has 2 aromatic carbocycles. The topological polar surface area (TPSA) is 114 Å². The molecule has 36 heavy (non-hydrogen) atoms. The number of aromatic nitrogens is 2. The van der Waals surface area contributed by atoms with Crippen LogP contribution in [0.5, 0.6) is 11.5 Å². The molecule has 0 bridgehead atoms. The van der Waals surface area contributed by atoms with E-state index in [4.69, 9.17) is 31.3 Å². The Hall–Kier alpha value is -3.44. The van der Waals surface area contributed by atoms with Crippen LogP contribution in [0.2, 0.25) is 5.02 Å². The molecular formula is C25H24ClN3O6S. The zero-order chi connectivity index (χ0) is 25.7. The smallest absolute Gasteiger partial charge is 0.275 e. The standard InChI is InChI=1S/C25H24ClN3O6S/c1-34-21-12-18(6-7-20(21)35-14-23(32)28(8-10-30)9-11-31)29-15-27-19-13-22(36-24(19)25(29)33)16-2-4-17(26)5-3-16/h2-7,12-13,15,30-31H,8-11,14H2,1H3. The van der Waals surface area contributed by atoms with Gasteiger partial charge in [0.1, 0.15) is 11.0 Å². The van der Waals surface area contributed by atoms with Gasteiger partial charge in [0.25, 0.3) is 11.5 Å². The lowest BCUT2D eigenvalue weighted by Crippen LogP contribution is -2.38. The molecule has 1 amide bonds. The van der Waals surface area contributed by atoms with Crippen LogP contribution in [0.4, 0.5) is 0 Å². The summed E-state index contributed by atoms with van der Waals surface area (Å²) in [4.78, 5) is 32.3. The summed E-state index contributed by atoms with van der Waals surface area (Å²) in [6, 6.07) is 14.2. The molecule has 2 aromatic heterocycles. The predicted molar refractivity (Wildman–Crippen MR) is 138 cm³/mol. The lowest BCUT2D eigenvalue weighted by Gasteiger charge is -2.21. The first-order valence-electron chi connectivity index (χ1n) is 11.0. The number of nitrogens with zero attached hydrogens (tertiary/aromatic N) is 3. The fourth-order valence-corrected chi connectivity index (χ4v) is 4.78. The van der Waals surface area contributed by atoms with E-state index in [1.807, 2.05) is 18.2 Å². The molecule has 0 fully saturated rings. The number of halogens is 1. The molecule has 0 aliphatic heterocycles. The van der Waals surface area contributed by atoms with Gasteiger partial charge < -0.3 is 24.6 Å². The minimum Gasteiger partial charge on any atom is -0.493 e. The van der Waals surface area contributed by atoms with Crippen molar-refractivity contribution in [2.24, 2.45) is 0 Å². The zero-order valence-corrected chi connectivity index (χ0v) is 21.0. The number of thiophene rings is 1. The molecule has 0 unspecified atom stereocenters. The number of carbonyl (C=O) groups excluding carboxylic acids is 1. The summed E-state index contributed by atoms with van der Waals surface area (Å²) >= 11 is 7.34. The van der Waals surface area contributed by atoms with E-state index in [-0.39, 0.29) is 44.4 Å². The monoisotopic (exact) mass is 529 g/mol. The number of carbonyl (C=O) groups is 1. The molecule has 9 nitrogen and oxygen atoms in total. The highest BCUT2D eigenvalue weighted by Crippen LogP contribution is 2.33. The number of amides is 1. The summed E-state index contributed by atoms with van der Waals surface area (Å²) in [6.45, 7) is -0.546. The molecule has 4 aromatic rings. The maximum atomic E-state index is 13.3. The summed E-state index contributed by atoms with van der Waals surface area (Å²) < 4.78 is 13.0. The van der Waals surface area contributed by atoms with Gasteiger partial charge in [-0.15, -0.1) is 11.3 Å². The van der Waals surface area contributed by atoms with E-state index >= 15 is 0 Å². The van der Waals surface area contributed by atoms with E-state index < -0.39 is 0 Å². The van der Waals surface area contributed by atoms with Gasteiger partial charge in [-0.3, -0.25) is 14.2 Å². The van der Waals surface area contributed by atoms with Gasteiger partial charge in [-0.05, 0) is 35.9 Å². The Balaban J connectivity index is 1.59. The quantitative estimate of drug-likeness (QED) is 0.324. The Bertz CT molecular complexity index is 1410. The van der Waals surface area contributed by atoms with Crippen LogP contribution in [-0.2, 0) is 4.79 Å². The van der Waals surface area contributed by atoms with Gasteiger partial charge >= 0.3 is 0 Å². The van der Waals surface area contributed by atoms with E-state index in [9.17, 15) is 9.59 Å². The second-order valence-electron chi connectivity index (χ2n) is 7.70. The summed E-state index contributed by atoms with van der Waals surface area (Å²) in [6.07, 6.45) is 1.46. The van der Waals surface area contributed by atoms with Crippen LogP contribution in [0.25, 0.3) is 26.3 Å². The van der Waals surface area contributed by atoms with Crippen molar-refractivity contribution in [2.75, 3.05) is 40.0 Å². The fourth-order valence-electron chi connectivity index (χ4n) is 3.61. The maximum Gasteiger partial charge on any atom is 0.275 e. The largest absolute Gasteiger partial charge is 0.493 e. The Kier molecular flexibility index (Phi) is 8.21. The molecule has 0 saturated heterocycles. The molecule has 11 heteroatoms. The van der Waals surface area contributed by atoms with Crippen molar-refractivity contribution in [3.05, 3.63) is 70.2 Å². The Labute approximate surface area is 215 Å². The SMILES string of the molecule is COc1cc(-n2cnc3cc(-c4ccc(Cl)cc4)sc3c2=O)ccc1OCC(=O)N(CCO)CCO. The lowest BCUT2D eigenvalue weighted by molar-refractivity contribution is -0.134. The number of aliphatic hydroxyl groups excluding tert-OH is 2. The molecule has 0 atom stereocenters. The number of hydrogen-bond donors (Lipinski definition) is 2. The fraction of sp³-hybridized carbons (Fsp3) is 0.240. The van der Waals surface area contributed by atoms with Crippen LogP contribution in [0.1, 0.15) is 0 Å². The molecule has 2 heterocycles. The normalized spacial score (nSPS) is 11.0. The summed E-state index contributed by atoms with van der Waals surface area (Å²) in [5.41, 5.74) is 1.85. The molecular weight excluding hydrogens is 506 g/mol. The number of methoxy groups -OCH3 is 1. The van der Waals surface area contributed by atoms with Gasteiger partial charge in [0, 0.05) is 29.1 Å². The Morgan fingerprint density at radius 1 is 1.08 bits per heavy atom. The van der Waals surface area contributed by atoms with Crippen molar-refractivity contribution < 1.29 is 24.5 Å². The molecule has 4 rings (SSSR count). The highest BCUT2D eigenvalue weighted by molar-refractivity contribution is 7.22. The third-order valence-electron chi connectivity index (χ3n) is 5.44. The van der Waals surface area contributed by atoms with Crippen LogP contribution in [0, 0.1) is 0 Å². The number of aliphatic hydroxyl groups is 2. The number of hydrogen-bond acceptors (Lipinski definition) is 8. The van der Waals surface area contributed by atoms with E-state index in [0.29, 0.717) is 32.4 Å². The number of ether oxygens (including phenoxy) is 2. The van der Waals surface area contributed by atoms with Crippen molar-refractivity contribution in [2.45, 2.75) is 0 Å². The minimum atomic E-state index is -0.385. The maximum absolute atomic E-state index is 13.3. The van der Waals surface area contributed by atoms with E-state index in [1.54, 1.807) is 30.3 Å². The molecule has 188 valence electrons. The number of benzene rings is 2. The average molecular weight is 530 g/mol. The van der Waals surface area contributed by atoms with Gasteiger partial charge in [-0.1, -0.05) is 23.7 Å². The van der Waals surface area contributed by atoms with Gasteiger partial charge in [0.2, 0.25) is 0 Å². The molecule has 0 radical (unpaired) electrons. The third kappa shape index (κ3) is 5.52. The first-order valence-corrected chi connectivity index (χ1v) is 12.2. The van der Waals surface area contributed by atoms with Crippen LogP contribution in [-0.4, -0.2) is 70.6 Å². The van der Waals surface area contributed by atoms with Crippen molar-refractivity contribution >= 4 is 39.1 Å². The van der Waals surface area contributed by atoms with Crippen LogP contribution in [0.15, 0.2) is 59.7 Å². The average Bonchev–Trinajstić information content (AvgIpc) is 3.33. The number of rotatable bonds is 10. The van der Waals surface area contributed by atoms with Gasteiger partial charge in [-0.2, -0.15) is 0 Å². The number of fused-ring (bicyclic) bond motifs is 1. The third-order valence-corrected chi connectivity index (χ3v) is 6.85. The van der Waals surface area contributed by atoms with E-state index in [0.717, 1.165) is 10.4 Å². The minimum absolute atomic E-state index is 0.0969. The predicted octanol–water partition coefficient (Wildman–Crippen LogP) is 2.97.